The number of aromatic nitrogens is 4. The molecule has 6 nitrogen and oxygen atoms in total. The first-order chi connectivity index (χ1) is 11.6. The molecule has 1 aliphatic rings. The molecule has 0 saturated heterocycles. The van der Waals surface area contributed by atoms with Crippen LogP contribution in [0.4, 0.5) is 0 Å². The highest BCUT2D eigenvalue weighted by Gasteiger charge is 2.20. The minimum absolute atomic E-state index is 0.0935. The van der Waals surface area contributed by atoms with Crippen LogP contribution in [0.2, 0.25) is 0 Å². The molecule has 0 atom stereocenters. The van der Waals surface area contributed by atoms with Crippen molar-refractivity contribution in [1.29, 1.82) is 0 Å². The number of nitrogens with zero attached hydrogens (tertiary/aromatic N) is 4. The summed E-state index contributed by atoms with van der Waals surface area (Å²) in [6, 6.07) is 9.74. The van der Waals surface area contributed by atoms with Gasteiger partial charge in [-0.05, 0) is 37.1 Å². The Morgan fingerprint density at radius 2 is 1.92 bits per heavy atom. The lowest BCUT2D eigenvalue weighted by molar-refractivity contribution is 0.0924. The standard InChI is InChI=1S/C18H17N5O/c1-11-4-3-5-12(2)16(11)17-19-7-6-13(21-17)14-10-15-18(24)20-8-9-23(15)22-14/h3-7,10H,8-9H2,1-2H3,(H,20,24). The van der Waals surface area contributed by atoms with Gasteiger partial charge in [-0.3, -0.25) is 9.48 Å². The lowest BCUT2D eigenvalue weighted by Crippen LogP contribution is -2.35. The zero-order valence-electron chi connectivity index (χ0n) is 13.6. The molecule has 120 valence electrons. The van der Waals surface area contributed by atoms with Crippen LogP contribution in [0.25, 0.3) is 22.8 Å². The second-order valence-electron chi connectivity index (χ2n) is 5.93. The van der Waals surface area contributed by atoms with Crippen molar-refractivity contribution in [2.75, 3.05) is 6.54 Å². The Balaban J connectivity index is 1.80. The number of nitrogens with one attached hydrogen (secondary N) is 1. The smallest absolute Gasteiger partial charge is 0.269 e. The number of amides is 1. The Kier molecular flexibility index (Phi) is 3.37. The summed E-state index contributed by atoms with van der Waals surface area (Å²) in [5, 5.41) is 7.34. The van der Waals surface area contributed by atoms with E-state index in [1.165, 1.54) is 0 Å². The van der Waals surface area contributed by atoms with Crippen molar-refractivity contribution in [3.63, 3.8) is 0 Å². The highest BCUT2D eigenvalue weighted by Crippen LogP contribution is 2.26. The number of hydrogen-bond acceptors (Lipinski definition) is 4. The van der Waals surface area contributed by atoms with Crippen LogP contribution in [0.5, 0.6) is 0 Å². The molecule has 3 aromatic rings. The Morgan fingerprint density at radius 1 is 1.12 bits per heavy atom. The van der Waals surface area contributed by atoms with Crippen molar-refractivity contribution in [2.45, 2.75) is 20.4 Å². The van der Waals surface area contributed by atoms with E-state index < -0.39 is 0 Å². The van der Waals surface area contributed by atoms with E-state index in [2.05, 4.69) is 46.4 Å². The van der Waals surface area contributed by atoms with Gasteiger partial charge in [-0.1, -0.05) is 18.2 Å². The van der Waals surface area contributed by atoms with Gasteiger partial charge in [0.15, 0.2) is 5.82 Å². The fourth-order valence-corrected chi connectivity index (χ4v) is 3.05. The van der Waals surface area contributed by atoms with Crippen LogP contribution in [-0.4, -0.2) is 32.2 Å². The maximum absolute atomic E-state index is 11.9. The molecule has 1 aromatic carbocycles. The summed E-state index contributed by atoms with van der Waals surface area (Å²) in [6.07, 6.45) is 1.74. The monoisotopic (exact) mass is 319 g/mol. The SMILES string of the molecule is Cc1cccc(C)c1-c1nccc(-c2cc3n(n2)CCNC3=O)n1. The maximum atomic E-state index is 11.9. The van der Waals surface area contributed by atoms with Crippen LogP contribution in [0.3, 0.4) is 0 Å². The van der Waals surface area contributed by atoms with Gasteiger partial charge in [-0.2, -0.15) is 5.10 Å². The number of rotatable bonds is 2. The average molecular weight is 319 g/mol. The third-order valence-electron chi connectivity index (χ3n) is 4.24. The van der Waals surface area contributed by atoms with E-state index in [1.54, 1.807) is 16.9 Å². The first-order valence-electron chi connectivity index (χ1n) is 7.89. The van der Waals surface area contributed by atoms with Crippen molar-refractivity contribution >= 4 is 5.91 Å². The number of aryl methyl sites for hydroxylation is 2. The zero-order valence-corrected chi connectivity index (χ0v) is 13.6. The number of benzene rings is 1. The van der Waals surface area contributed by atoms with E-state index in [9.17, 15) is 4.79 Å². The third kappa shape index (κ3) is 2.36. The highest BCUT2D eigenvalue weighted by atomic mass is 16.2. The summed E-state index contributed by atoms with van der Waals surface area (Å²) in [5.41, 5.74) is 5.30. The van der Waals surface area contributed by atoms with Crippen molar-refractivity contribution in [3.8, 4) is 22.8 Å². The summed E-state index contributed by atoms with van der Waals surface area (Å²) >= 11 is 0. The molecular weight excluding hydrogens is 302 g/mol. The Hall–Kier alpha value is -3.02. The van der Waals surface area contributed by atoms with Crippen molar-refractivity contribution in [3.05, 3.63) is 53.3 Å². The maximum Gasteiger partial charge on any atom is 0.269 e. The van der Waals surface area contributed by atoms with Gasteiger partial charge in [-0.25, -0.2) is 9.97 Å². The molecule has 2 aromatic heterocycles. The van der Waals surface area contributed by atoms with Gasteiger partial charge < -0.3 is 5.32 Å². The Morgan fingerprint density at radius 3 is 2.67 bits per heavy atom. The molecule has 1 N–H and O–H groups in total. The lowest BCUT2D eigenvalue weighted by Gasteiger charge is -2.13. The molecule has 0 fully saturated rings. The molecule has 4 rings (SSSR count). The van der Waals surface area contributed by atoms with Crippen molar-refractivity contribution in [1.82, 2.24) is 25.1 Å². The molecule has 0 radical (unpaired) electrons. The predicted molar refractivity (Wildman–Crippen MR) is 90.5 cm³/mol. The van der Waals surface area contributed by atoms with Gasteiger partial charge in [0.05, 0.1) is 12.2 Å². The first-order valence-corrected chi connectivity index (χ1v) is 7.89. The second kappa shape index (κ2) is 5.56. The van der Waals surface area contributed by atoms with Crippen LogP contribution >= 0.6 is 0 Å². The molecule has 24 heavy (non-hydrogen) atoms. The van der Waals surface area contributed by atoms with Gasteiger partial charge in [0.25, 0.3) is 5.91 Å². The summed E-state index contributed by atoms with van der Waals surface area (Å²) in [5.74, 6) is 0.586. The number of carbonyl (C=O) groups excluding carboxylic acids is 1. The van der Waals surface area contributed by atoms with Crippen molar-refractivity contribution < 1.29 is 4.79 Å². The van der Waals surface area contributed by atoms with E-state index >= 15 is 0 Å². The van der Waals surface area contributed by atoms with E-state index in [0.29, 0.717) is 30.3 Å². The Labute approximate surface area is 139 Å². The Bertz CT molecular complexity index is 924. The van der Waals surface area contributed by atoms with Gasteiger partial charge in [0.2, 0.25) is 0 Å². The number of carbonyl (C=O) groups is 1. The first kappa shape index (κ1) is 14.6. The summed E-state index contributed by atoms with van der Waals surface area (Å²) in [6.45, 7) is 5.39. The molecular formula is C18H17N5O. The molecule has 3 heterocycles. The normalized spacial score (nSPS) is 13.5. The molecule has 1 aliphatic heterocycles. The quantitative estimate of drug-likeness (QED) is 0.787. The minimum atomic E-state index is -0.0935. The van der Waals surface area contributed by atoms with E-state index in [-0.39, 0.29) is 5.91 Å². The predicted octanol–water partition coefficient (Wildman–Crippen LogP) is 2.37. The molecule has 1 amide bonds. The van der Waals surface area contributed by atoms with E-state index in [4.69, 9.17) is 0 Å². The molecule has 0 bridgehead atoms. The van der Waals surface area contributed by atoms with Crippen LogP contribution in [0, 0.1) is 13.8 Å². The fraction of sp³-hybridized carbons (Fsp3) is 0.222. The summed E-state index contributed by atoms with van der Waals surface area (Å²) in [4.78, 5) is 21.0. The molecule has 0 unspecified atom stereocenters. The third-order valence-corrected chi connectivity index (χ3v) is 4.24. The summed E-state index contributed by atoms with van der Waals surface area (Å²) < 4.78 is 1.73. The van der Waals surface area contributed by atoms with Gasteiger partial charge in [0, 0.05) is 18.3 Å². The van der Waals surface area contributed by atoms with Gasteiger partial charge in [-0.15, -0.1) is 0 Å². The highest BCUT2D eigenvalue weighted by molar-refractivity contribution is 5.94. The topological polar surface area (TPSA) is 72.7 Å². The van der Waals surface area contributed by atoms with Crippen molar-refractivity contribution in [2.24, 2.45) is 0 Å². The van der Waals surface area contributed by atoms with Gasteiger partial charge >= 0.3 is 0 Å². The zero-order chi connectivity index (χ0) is 16.7. The molecule has 0 aliphatic carbocycles. The van der Waals surface area contributed by atoms with Crippen LogP contribution in [0.1, 0.15) is 21.6 Å². The van der Waals surface area contributed by atoms with Crippen LogP contribution < -0.4 is 5.32 Å². The largest absolute Gasteiger partial charge is 0.349 e. The number of hydrogen-bond donors (Lipinski definition) is 1. The second-order valence-corrected chi connectivity index (χ2v) is 5.93. The average Bonchev–Trinajstić information content (AvgIpc) is 3.01. The molecule has 0 saturated carbocycles. The van der Waals surface area contributed by atoms with Crippen LogP contribution in [0.15, 0.2) is 36.5 Å². The van der Waals surface area contributed by atoms with Crippen LogP contribution in [-0.2, 0) is 6.54 Å². The van der Waals surface area contributed by atoms with Gasteiger partial charge in [0.1, 0.15) is 11.4 Å². The lowest BCUT2D eigenvalue weighted by atomic mass is 10.0. The number of fused-ring (bicyclic) bond motifs is 1. The van der Waals surface area contributed by atoms with E-state index in [0.717, 1.165) is 22.4 Å². The fourth-order valence-electron chi connectivity index (χ4n) is 3.05. The molecule has 0 spiro atoms. The van der Waals surface area contributed by atoms with E-state index in [1.807, 2.05) is 12.1 Å². The summed E-state index contributed by atoms with van der Waals surface area (Å²) in [7, 11) is 0. The molecule has 6 heteroatoms. The minimum Gasteiger partial charge on any atom is -0.349 e.